The molecule has 176 valence electrons. The van der Waals surface area contributed by atoms with Gasteiger partial charge in [-0.1, -0.05) is 67.7 Å². The highest BCUT2D eigenvalue weighted by Gasteiger charge is 2.10. The van der Waals surface area contributed by atoms with Crippen LogP contribution >= 0.6 is 31.9 Å². The lowest BCUT2D eigenvalue weighted by molar-refractivity contribution is 0.479. The molecule has 0 N–H and O–H groups in total. The summed E-state index contributed by atoms with van der Waals surface area (Å²) in [6, 6.07) is 31.0. The van der Waals surface area contributed by atoms with Crippen LogP contribution in [0, 0.1) is 46.3 Å². The van der Waals surface area contributed by atoms with Gasteiger partial charge in [0, 0.05) is 20.1 Å². The van der Waals surface area contributed by atoms with Crippen LogP contribution < -0.4 is 4.74 Å². The molecule has 4 rings (SSSR count). The van der Waals surface area contributed by atoms with E-state index in [1.807, 2.05) is 84.9 Å². The van der Waals surface area contributed by atoms with Crippen molar-refractivity contribution in [2.24, 2.45) is 0 Å². The number of benzene rings is 4. The van der Waals surface area contributed by atoms with Crippen molar-refractivity contribution in [3.63, 3.8) is 0 Å². The molecular weight excluding hydrogens is 588 g/mol. The smallest absolute Gasteiger partial charge is 0.143 e. The van der Waals surface area contributed by atoms with Gasteiger partial charge in [-0.25, -0.2) is 0 Å². The molecule has 0 atom stereocenters. The average Bonchev–Trinajstić information content (AvgIpc) is 2.90. The first kappa shape index (κ1) is 25.8. The monoisotopic (exact) mass is 604 g/mol. The molecule has 0 aliphatic rings. The maximum atomic E-state index is 9.16. The molecule has 0 saturated carbocycles. The number of hydrogen-bond donors (Lipinski definition) is 0. The van der Waals surface area contributed by atoms with Crippen LogP contribution in [0.5, 0.6) is 11.5 Å². The predicted octanol–water partition coefficient (Wildman–Crippen LogP) is 7.94. The molecule has 0 aliphatic heterocycles. The fourth-order valence-corrected chi connectivity index (χ4v) is 3.92. The number of halogens is 2. The van der Waals surface area contributed by atoms with E-state index in [1.165, 1.54) is 0 Å². The van der Waals surface area contributed by atoms with Crippen LogP contribution in [0.25, 0.3) is 0 Å². The van der Waals surface area contributed by atoms with Crippen LogP contribution in [0.1, 0.15) is 33.4 Å². The largest absolute Gasteiger partial charge is 0.455 e. The second kappa shape index (κ2) is 12.6. The van der Waals surface area contributed by atoms with Crippen LogP contribution in [0.2, 0.25) is 0 Å². The molecule has 0 spiro atoms. The highest BCUT2D eigenvalue weighted by atomic mass is 79.9. The second-order valence-electron chi connectivity index (χ2n) is 7.95. The highest BCUT2D eigenvalue weighted by Crippen LogP contribution is 2.30. The summed E-state index contributed by atoms with van der Waals surface area (Å²) in [5, 5.41) is 18.3. The van der Waals surface area contributed by atoms with Gasteiger partial charge in [0.2, 0.25) is 0 Å². The van der Waals surface area contributed by atoms with Gasteiger partial charge < -0.3 is 4.74 Å². The van der Waals surface area contributed by atoms with Gasteiger partial charge in [0.25, 0.3) is 0 Å². The molecule has 0 heterocycles. The lowest BCUT2D eigenvalue weighted by Crippen LogP contribution is -1.95. The number of hydrogen-bond acceptors (Lipinski definition) is 3. The molecule has 0 bridgehead atoms. The third-order valence-corrected chi connectivity index (χ3v) is 6.30. The zero-order valence-corrected chi connectivity index (χ0v) is 22.7. The minimum atomic E-state index is 0.278. The van der Waals surface area contributed by atoms with Gasteiger partial charge in [-0.05, 0) is 83.9 Å². The summed E-state index contributed by atoms with van der Waals surface area (Å²) in [5.74, 6) is 13.9. The van der Waals surface area contributed by atoms with Crippen LogP contribution in [0.4, 0.5) is 0 Å². The minimum absolute atomic E-state index is 0.278. The molecule has 0 aromatic heterocycles. The van der Waals surface area contributed by atoms with E-state index in [0.717, 1.165) is 31.2 Å². The highest BCUT2D eigenvalue weighted by molar-refractivity contribution is 9.10. The van der Waals surface area contributed by atoms with E-state index in [2.05, 4.69) is 67.7 Å². The van der Waals surface area contributed by atoms with Gasteiger partial charge in [0.1, 0.15) is 11.5 Å². The van der Waals surface area contributed by atoms with Crippen LogP contribution in [-0.4, -0.2) is 0 Å². The van der Waals surface area contributed by atoms with Crippen molar-refractivity contribution in [3.8, 4) is 47.3 Å². The molecule has 0 saturated heterocycles. The average molecular weight is 606 g/mol. The van der Waals surface area contributed by atoms with Crippen molar-refractivity contribution >= 4 is 31.9 Å². The maximum absolute atomic E-state index is 9.16. The van der Waals surface area contributed by atoms with E-state index in [-0.39, 0.29) is 12.8 Å². The molecule has 0 aliphatic carbocycles. The summed E-state index contributed by atoms with van der Waals surface area (Å²) < 4.78 is 8.30. The van der Waals surface area contributed by atoms with E-state index in [0.29, 0.717) is 22.6 Å². The van der Waals surface area contributed by atoms with Crippen LogP contribution in [-0.2, 0) is 12.8 Å². The quantitative estimate of drug-likeness (QED) is 0.222. The summed E-state index contributed by atoms with van der Waals surface area (Å²) in [7, 11) is 0. The Labute approximate surface area is 233 Å². The molecule has 0 radical (unpaired) electrons. The molecule has 4 aromatic rings. The summed E-state index contributed by atoms with van der Waals surface area (Å²) in [6.07, 6.45) is 0.556. The van der Waals surface area contributed by atoms with Gasteiger partial charge in [0.15, 0.2) is 0 Å². The second-order valence-corrected chi connectivity index (χ2v) is 9.78. The minimum Gasteiger partial charge on any atom is -0.455 e. The Bertz CT molecular complexity index is 1510. The summed E-state index contributed by atoms with van der Waals surface area (Å²) in [5.41, 5.74) is 4.78. The lowest BCUT2D eigenvalue weighted by atomic mass is 10.1. The predicted molar refractivity (Wildman–Crippen MR) is 152 cm³/mol. The van der Waals surface area contributed by atoms with E-state index in [4.69, 9.17) is 15.3 Å². The summed E-state index contributed by atoms with van der Waals surface area (Å²) >= 11 is 6.88. The maximum Gasteiger partial charge on any atom is 0.143 e. The molecular formula is C32H18Br2N2O. The van der Waals surface area contributed by atoms with Gasteiger partial charge in [-0.3, -0.25) is 0 Å². The fourth-order valence-electron chi connectivity index (χ4n) is 3.39. The molecule has 4 aromatic carbocycles. The Balaban J connectivity index is 1.73. The van der Waals surface area contributed by atoms with E-state index < -0.39 is 0 Å². The Morgan fingerprint density at radius 3 is 1.32 bits per heavy atom. The number of rotatable bonds is 4. The van der Waals surface area contributed by atoms with Crippen molar-refractivity contribution in [1.29, 1.82) is 10.5 Å². The molecule has 0 fully saturated rings. The standard InChI is InChI=1S/C32H18Br2N2O/c33-29-11-3-23(4-12-29)1-9-27-21-25(17-19-35)7-15-31(27)37-32-16-8-26(18-20-36)22-28(32)10-2-24-5-13-30(34)14-6-24/h3-8,11-16,21-22H,17-18H2. The Morgan fingerprint density at radius 2 is 0.946 bits per heavy atom. The van der Waals surface area contributed by atoms with Crippen LogP contribution in [0.3, 0.4) is 0 Å². The lowest BCUT2D eigenvalue weighted by Gasteiger charge is -2.12. The SMILES string of the molecule is N#CCc1ccc(Oc2ccc(CC#N)cc2C#Cc2ccc(Br)cc2)c(C#Cc2ccc(Br)cc2)c1. The fraction of sp³-hybridized carbons (Fsp3) is 0.0625. The van der Waals surface area contributed by atoms with E-state index in [1.54, 1.807) is 0 Å². The van der Waals surface area contributed by atoms with Gasteiger partial charge >= 0.3 is 0 Å². The Hall–Kier alpha value is -4.26. The third-order valence-electron chi connectivity index (χ3n) is 5.25. The zero-order valence-electron chi connectivity index (χ0n) is 19.6. The Morgan fingerprint density at radius 1 is 0.541 bits per heavy atom. The van der Waals surface area contributed by atoms with Crippen molar-refractivity contribution < 1.29 is 4.74 Å². The van der Waals surface area contributed by atoms with Crippen molar-refractivity contribution in [2.45, 2.75) is 12.8 Å². The van der Waals surface area contributed by atoms with E-state index >= 15 is 0 Å². The normalized spacial score (nSPS) is 9.62. The molecule has 5 heteroatoms. The van der Waals surface area contributed by atoms with E-state index in [9.17, 15) is 0 Å². The third kappa shape index (κ3) is 7.36. The van der Waals surface area contributed by atoms with Gasteiger partial charge in [0.05, 0.1) is 36.1 Å². The summed E-state index contributed by atoms with van der Waals surface area (Å²) in [4.78, 5) is 0. The number of ether oxygens (including phenoxy) is 1. The topological polar surface area (TPSA) is 56.8 Å². The van der Waals surface area contributed by atoms with Gasteiger partial charge in [-0.15, -0.1) is 0 Å². The number of nitrogens with zero attached hydrogens (tertiary/aromatic N) is 2. The Kier molecular flexibility index (Phi) is 8.81. The summed E-state index contributed by atoms with van der Waals surface area (Å²) in [6.45, 7) is 0. The molecule has 0 amide bonds. The van der Waals surface area contributed by atoms with Crippen molar-refractivity contribution in [3.05, 3.63) is 127 Å². The van der Waals surface area contributed by atoms with Crippen molar-refractivity contribution in [2.75, 3.05) is 0 Å². The zero-order chi connectivity index (χ0) is 26.0. The first-order chi connectivity index (χ1) is 18.0. The molecule has 0 unspecified atom stereocenters. The van der Waals surface area contributed by atoms with Crippen LogP contribution in [0.15, 0.2) is 93.9 Å². The molecule has 37 heavy (non-hydrogen) atoms. The first-order valence-corrected chi connectivity index (χ1v) is 12.9. The number of nitriles is 2. The molecule has 3 nitrogen and oxygen atoms in total. The first-order valence-electron chi connectivity index (χ1n) is 11.3. The van der Waals surface area contributed by atoms with Crippen molar-refractivity contribution in [1.82, 2.24) is 0 Å². The van der Waals surface area contributed by atoms with Gasteiger partial charge in [-0.2, -0.15) is 10.5 Å².